The molecule has 0 unspecified atom stereocenters. The Kier molecular flexibility index (Phi) is 5.39. The van der Waals surface area contributed by atoms with E-state index in [9.17, 15) is 0 Å². The molecule has 1 aromatic carbocycles. The summed E-state index contributed by atoms with van der Waals surface area (Å²) in [5.41, 5.74) is 1.44. The zero-order valence-electron chi connectivity index (χ0n) is 8.02. The van der Waals surface area contributed by atoms with Crippen LogP contribution in [0.3, 0.4) is 0 Å². The van der Waals surface area contributed by atoms with Crippen molar-refractivity contribution in [1.29, 1.82) is 0 Å². The highest BCUT2D eigenvalue weighted by atomic mass is 127. The summed E-state index contributed by atoms with van der Waals surface area (Å²) in [4.78, 5) is 0. The topological polar surface area (TPSA) is 12.0 Å². The highest BCUT2D eigenvalue weighted by molar-refractivity contribution is 14.1. The Morgan fingerprint density at radius 2 is 1.92 bits per heavy atom. The summed E-state index contributed by atoms with van der Waals surface area (Å²) in [7, 11) is 0. The zero-order chi connectivity index (χ0) is 9.52. The average molecular weight is 289 g/mol. The molecule has 0 aliphatic heterocycles. The first-order chi connectivity index (χ1) is 6.33. The van der Waals surface area contributed by atoms with Crippen molar-refractivity contribution in [3.05, 3.63) is 33.4 Å². The van der Waals surface area contributed by atoms with Crippen molar-refractivity contribution in [3.8, 4) is 0 Å². The number of hydrogen-bond donors (Lipinski definition) is 1. The number of aryl methyl sites for hydroxylation is 1. The lowest BCUT2D eigenvalue weighted by atomic mass is 10.1. The van der Waals surface area contributed by atoms with Gasteiger partial charge in [-0.2, -0.15) is 0 Å². The van der Waals surface area contributed by atoms with Crippen LogP contribution in [0, 0.1) is 3.57 Å². The molecule has 0 aliphatic carbocycles. The number of hydrogen-bond acceptors (Lipinski definition) is 1. The number of benzene rings is 1. The number of nitrogens with one attached hydrogen (secondary N) is 1. The molecule has 1 N–H and O–H groups in total. The Labute approximate surface area is 94.1 Å². The molecule has 0 radical (unpaired) electrons. The summed E-state index contributed by atoms with van der Waals surface area (Å²) < 4.78 is 1.31. The molecule has 0 aromatic heterocycles. The fraction of sp³-hybridized carbons (Fsp3) is 0.455. The van der Waals surface area contributed by atoms with Gasteiger partial charge in [0.1, 0.15) is 0 Å². The SMILES string of the molecule is CCNCCCc1ccc(I)cc1. The molecule has 0 heterocycles. The maximum Gasteiger partial charge on any atom is 0.0130 e. The minimum Gasteiger partial charge on any atom is -0.317 e. The van der Waals surface area contributed by atoms with Crippen LogP contribution in [0.15, 0.2) is 24.3 Å². The van der Waals surface area contributed by atoms with E-state index >= 15 is 0 Å². The van der Waals surface area contributed by atoms with Gasteiger partial charge in [0.25, 0.3) is 0 Å². The second-order valence-electron chi connectivity index (χ2n) is 3.08. The van der Waals surface area contributed by atoms with Crippen molar-refractivity contribution < 1.29 is 0 Å². The highest BCUT2D eigenvalue weighted by Crippen LogP contribution is 2.08. The fourth-order valence-electron chi connectivity index (χ4n) is 1.25. The third-order valence-electron chi connectivity index (χ3n) is 1.98. The molecule has 0 saturated heterocycles. The van der Waals surface area contributed by atoms with E-state index in [-0.39, 0.29) is 0 Å². The largest absolute Gasteiger partial charge is 0.317 e. The van der Waals surface area contributed by atoms with Gasteiger partial charge in [0, 0.05) is 3.57 Å². The summed E-state index contributed by atoms with van der Waals surface area (Å²) in [5, 5.41) is 3.33. The van der Waals surface area contributed by atoms with E-state index in [1.807, 2.05) is 0 Å². The molecule has 0 spiro atoms. The molecular formula is C11H16IN. The van der Waals surface area contributed by atoms with Crippen LogP contribution in [0.1, 0.15) is 18.9 Å². The smallest absolute Gasteiger partial charge is 0.0130 e. The first-order valence-electron chi connectivity index (χ1n) is 4.78. The second kappa shape index (κ2) is 6.38. The molecule has 72 valence electrons. The van der Waals surface area contributed by atoms with Gasteiger partial charge in [-0.05, 0) is 66.2 Å². The van der Waals surface area contributed by atoms with Gasteiger partial charge in [-0.15, -0.1) is 0 Å². The molecule has 0 bridgehead atoms. The van der Waals surface area contributed by atoms with E-state index in [4.69, 9.17) is 0 Å². The molecule has 0 saturated carbocycles. The first-order valence-corrected chi connectivity index (χ1v) is 5.86. The Morgan fingerprint density at radius 3 is 2.54 bits per heavy atom. The van der Waals surface area contributed by atoms with Crippen LogP contribution in [0.2, 0.25) is 0 Å². The second-order valence-corrected chi connectivity index (χ2v) is 4.33. The molecule has 0 amide bonds. The van der Waals surface area contributed by atoms with Gasteiger partial charge in [0.2, 0.25) is 0 Å². The molecule has 1 rings (SSSR count). The number of halogens is 1. The van der Waals surface area contributed by atoms with Crippen LogP contribution in [-0.2, 0) is 6.42 Å². The Hall–Kier alpha value is -0.0900. The van der Waals surface area contributed by atoms with E-state index in [0.29, 0.717) is 0 Å². The van der Waals surface area contributed by atoms with Crippen molar-refractivity contribution in [3.63, 3.8) is 0 Å². The lowest BCUT2D eigenvalue weighted by molar-refractivity contribution is 0.672. The molecule has 2 heteroatoms. The van der Waals surface area contributed by atoms with Crippen LogP contribution in [0.5, 0.6) is 0 Å². The van der Waals surface area contributed by atoms with Crippen molar-refractivity contribution >= 4 is 22.6 Å². The Bertz CT molecular complexity index is 230. The van der Waals surface area contributed by atoms with Crippen molar-refractivity contribution in [2.75, 3.05) is 13.1 Å². The van der Waals surface area contributed by atoms with Crippen LogP contribution >= 0.6 is 22.6 Å². The van der Waals surface area contributed by atoms with E-state index in [0.717, 1.165) is 13.1 Å². The third kappa shape index (κ3) is 4.62. The Balaban J connectivity index is 2.25. The van der Waals surface area contributed by atoms with E-state index in [1.165, 1.54) is 22.0 Å². The molecule has 0 aliphatic rings. The van der Waals surface area contributed by atoms with Crippen molar-refractivity contribution in [2.45, 2.75) is 19.8 Å². The third-order valence-corrected chi connectivity index (χ3v) is 2.70. The van der Waals surface area contributed by atoms with E-state index < -0.39 is 0 Å². The quantitative estimate of drug-likeness (QED) is 0.649. The van der Waals surface area contributed by atoms with E-state index in [2.05, 4.69) is 59.1 Å². The maximum atomic E-state index is 3.33. The van der Waals surface area contributed by atoms with Crippen molar-refractivity contribution in [2.24, 2.45) is 0 Å². The van der Waals surface area contributed by atoms with Crippen molar-refractivity contribution in [1.82, 2.24) is 5.32 Å². The normalized spacial score (nSPS) is 10.3. The summed E-state index contributed by atoms with van der Waals surface area (Å²) in [6.07, 6.45) is 2.42. The van der Waals surface area contributed by atoms with Gasteiger partial charge in [-0.25, -0.2) is 0 Å². The van der Waals surface area contributed by atoms with Gasteiger partial charge in [-0.1, -0.05) is 19.1 Å². The minimum absolute atomic E-state index is 1.08. The van der Waals surface area contributed by atoms with Gasteiger partial charge < -0.3 is 5.32 Å². The molecule has 0 atom stereocenters. The van der Waals surface area contributed by atoms with Gasteiger partial charge in [-0.3, -0.25) is 0 Å². The van der Waals surface area contributed by atoms with Gasteiger partial charge in [0.05, 0.1) is 0 Å². The maximum absolute atomic E-state index is 3.33. The van der Waals surface area contributed by atoms with E-state index in [1.54, 1.807) is 0 Å². The summed E-state index contributed by atoms with van der Waals surface area (Å²) in [5.74, 6) is 0. The minimum atomic E-state index is 1.08. The fourth-order valence-corrected chi connectivity index (χ4v) is 1.60. The van der Waals surface area contributed by atoms with Gasteiger partial charge in [0.15, 0.2) is 0 Å². The van der Waals surface area contributed by atoms with Gasteiger partial charge >= 0.3 is 0 Å². The zero-order valence-corrected chi connectivity index (χ0v) is 10.2. The van der Waals surface area contributed by atoms with Crippen LogP contribution in [0.25, 0.3) is 0 Å². The molecule has 13 heavy (non-hydrogen) atoms. The summed E-state index contributed by atoms with van der Waals surface area (Å²) >= 11 is 2.34. The summed E-state index contributed by atoms with van der Waals surface area (Å²) in [6.45, 7) is 4.35. The van der Waals surface area contributed by atoms with Crippen LogP contribution in [0.4, 0.5) is 0 Å². The molecular weight excluding hydrogens is 273 g/mol. The predicted molar refractivity (Wildman–Crippen MR) is 66.0 cm³/mol. The molecule has 0 fully saturated rings. The number of rotatable bonds is 5. The summed E-state index contributed by atoms with van der Waals surface area (Å²) in [6, 6.07) is 8.77. The Morgan fingerprint density at radius 1 is 1.23 bits per heavy atom. The monoisotopic (exact) mass is 289 g/mol. The highest BCUT2D eigenvalue weighted by Gasteiger charge is 1.92. The first kappa shape index (κ1) is 11.0. The molecule has 1 aromatic rings. The standard InChI is InChI=1S/C11H16IN/c1-2-13-9-3-4-10-5-7-11(12)8-6-10/h5-8,13H,2-4,9H2,1H3. The van der Waals surface area contributed by atoms with Crippen LogP contribution in [-0.4, -0.2) is 13.1 Å². The van der Waals surface area contributed by atoms with Crippen LogP contribution < -0.4 is 5.32 Å². The molecule has 1 nitrogen and oxygen atoms in total. The lowest BCUT2D eigenvalue weighted by Gasteiger charge is -2.02. The predicted octanol–water partition coefficient (Wildman–Crippen LogP) is 2.83. The average Bonchev–Trinajstić information content (AvgIpc) is 2.15. The lowest BCUT2D eigenvalue weighted by Crippen LogP contribution is -2.14.